The van der Waals surface area contributed by atoms with Crippen LogP contribution in [0.1, 0.15) is 35.7 Å². The molecule has 8 heteroatoms. The molecular formula is C19H31N3O5. The van der Waals surface area contributed by atoms with E-state index in [4.69, 9.17) is 9.47 Å². The largest absolute Gasteiger partial charge is 0.464 e. The molecular weight excluding hydrogens is 350 g/mol. The van der Waals surface area contributed by atoms with Gasteiger partial charge in [-0.2, -0.15) is 0 Å². The predicted octanol–water partition coefficient (Wildman–Crippen LogP) is 1.09. The Balaban J connectivity index is 0.00000392. The first kappa shape index (κ1) is 20.8. The number of carbonyl (C=O) groups excluding carboxylic acids is 3. The number of rotatable bonds is 10. The highest BCUT2D eigenvalue weighted by atomic mass is 16.6. The molecule has 0 spiro atoms. The van der Waals surface area contributed by atoms with Crippen LogP contribution >= 0.6 is 0 Å². The second kappa shape index (κ2) is 10.0. The molecule has 1 saturated heterocycles. The summed E-state index contributed by atoms with van der Waals surface area (Å²) in [5, 5.41) is 5.51. The van der Waals surface area contributed by atoms with E-state index in [9.17, 15) is 14.4 Å². The first-order valence-electron chi connectivity index (χ1n) is 9.22. The maximum atomic E-state index is 12.5. The summed E-state index contributed by atoms with van der Waals surface area (Å²) in [6.45, 7) is 6.56. The molecule has 8 nitrogen and oxygen atoms in total. The van der Waals surface area contributed by atoms with Gasteiger partial charge in [0.05, 0.1) is 6.61 Å². The zero-order valence-corrected chi connectivity index (χ0v) is 15.9. The molecule has 27 heavy (non-hydrogen) atoms. The maximum absolute atomic E-state index is 12.5. The number of epoxide rings is 1. The number of nitrogens with zero attached hydrogens (tertiary/aromatic N) is 1. The summed E-state index contributed by atoms with van der Waals surface area (Å²) in [4.78, 5) is 40.7. The van der Waals surface area contributed by atoms with E-state index in [1.807, 2.05) is 6.07 Å². The van der Waals surface area contributed by atoms with E-state index in [2.05, 4.69) is 29.5 Å². The van der Waals surface area contributed by atoms with Crippen molar-refractivity contribution in [2.75, 3.05) is 13.2 Å². The van der Waals surface area contributed by atoms with Crippen molar-refractivity contribution in [2.45, 2.75) is 51.9 Å². The fourth-order valence-corrected chi connectivity index (χ4v) is 2.51. The lowest BCUT2D eigenvalue weighted by Gasteiger charge is -2.18. The summed E-state index contributed by atoms with van der Waals surface area (Å²) in [7, 11) is 0. The van der Waals surface area contributed by atoms with Crippen LogP contribution in [-0.4, -0.2) is 54.2 Å². The van der Waals surface area contributed by atoms with Gasteiger partial charge in [0.25, 0.3) is 5.91 Å². The van der Waals surface area contributed by atoms with Gasteiger partial charge in [0.15, 0.2) is 12.2 Å². The van der Waals surface area contributed by atoms with Gasteiger partial charge in [-0.25, -0.2) is 4.79 Å². The van der Waals surface area contributed by atoms with E-state index >= 15 is 0 Å². The number of nitrogens with one attached hydrogen (secondary N) is 2. The van der Waals surface area contributed by atoms with Gasteiger partial charge in [-0.1, -0.05) is 19.9 Å². The molecule has 0 saturated carbocycles. The minimum Gasteiger partial charge on any atom is -0.464 e. The second-order valence-corrected chi connectivity index (χ2v) is 6.79. The van der Waals surface area contributed by atoms with Gasteiger partial charge in [0, 0.05) is 27.7 Å². The van der Waals surface area contributed by atoms with Gasteiger partial charge >= 0.3 is 5.97 Å². The monoisotopic (exact) mass is 381 g/mol. The Hall–Kier alpha value is -2.48. The molecule has 0 bridgehead atoms. The highest BCUT2D eigenvalue weighted by molar-refractivity contribution is 5.95. The Morgan fingerprint density at radius 2 is 2.07 bits per heavy atom. The van der Waals surface area contributed by atoms with Crippen molar-refractivity contribution in [3.8, 4) is 0 Å². The van der Waals surface area contributed by atoms with Crippen molar-refractivity contribution in [3.63, 3.8) is 0 Å². The van der Waals surface area contributed by atoms with Crippen molar-refractivity contribution in [1.82, 2.24) is 15.6 Å². The Morgan fingerprint density at radius 3 is 2.70 bits per heavy atom. The Morgan fingerprint density at radius 1 is 1.30 bits per heavy atom. The van der Waals surface area contributed by atoms with E-state index < -0.39 is 30.1 Å². The van der Waals surface area contributed by atoms with Crippen LogP contribution in [0.2, 0.25) is 0 Å². The van der Waals surface area contributed by atoms with Gasteiger partial charge in [-0.15, -0.1) is 0 Å². The van der Waals surface area contributed by atoms with Crippen LogP contribution in [0.25, 0.3) is 0 Å². The number of aromatic nitrogens is 1. The normalized spacial score (nSPS) is 19.3. The van der Waals surface area contributed by atoms with Gasteiger partial charge < -0.3 is 20.1 Å². The fraction of sp³-hybridized carbons (Fsp3) is 0.579. The molecule has 2 amide bonds. The van der Waals surface area contributed by atoms with Crippen molar-refractivity contribution in [3.05, 3.63) is 30.1 Å². The average Bonchev–Trinajstić information content (AvgIpc) is 3.43. The number of carbonyl (C=O) groups is 3. The lowest BCUT2D eigenvalue weighted by atomic mass is 10.1. The second-order valence-electron chi connectivity index (χ2n) is 6.79. The van der Waals surface area contributed by atoms with Crippen LogP contribution in [0.15, 0.2) is 24.4 Å². The molecule has 0 radical (unpaired) electrons. The minimum atomic E-state index is -0.918. The number of pyridine rings is 1. The summed E-state index contributed by atoms with van der Waals surface area (Å²) in [6.07, 6.45) is 0.901. The molecule has 2 heterocycles. The van der Waals surface area contributed by atoms with Crippen LogP contribution in [0, 0.1) is 5.92 Å². The van der Waals surface area contributed by atoms with Gasteiger partial charge in [0.2, 0.25) is 5.91 Å². The number of amides is 2. The summed E-state index contributed by atoms with van der Waals surface area (Å²) in [5.74, 6) is -0.907. The standard InChI is InChI=1S/C19H27N3O5.2H2/c1-4-26-19(25)16-15(27-16)18(24)22-14(11-13-7-5-6-9-20-13)17(23)21-10-8-12(2)3;;/h5-7,9,12,14-16H,4,8,10-11H2,1-3H3,(H,21,23)(H,22,24);2*1H/t14?,15-,16-;;/m0../s1. The molecule has 2 rings (SSSR count). The van der Waals surface area contributed by atoms with Crippen molar-refractivity contribution < 1.29 is 26.7 Å². The van der Waals surface area contributed by atoms with Gasteiger partial charge in [0.1, 0.15) is 6.04 Å². The van der Waals surface area contributed by atoms with Gasteiger partial charge in [-0.3, -0.25) is 14.6 Å². The van der Waals surface area contributed by atoms with E-state index in [0.29, 0.717) is 18.2 Å². The third-order valence-corrected chi connectivity index (χ3v) is 4.06. The zero-order chi connectivity index (χ0) is 19.8. The van der Waals surface area contributed by atoms with Crippen molar-refractivity contribution in [2.24, 2.45) is 5.92 Å². The molecule has 2 N–H and O–H groups in total. The quantitative estimate of drug-likeness (QED) is 0.464. The topological polar surface area (TPSA) is 110 Å². The van der Waals surface area contributed by atoms with E-state index in [1.54, 1.807) is 25.3 Å². The first-order valence-corrected chi connectivity index (χ1v) is 9.22. The summed E-state index contributed by atoms with van der Waals surface area (Å²) < 4.78 is 9.94. The number of hydrogen-bond donors (Lipinski definition) is 2. The van der Waals surface area contributed by atoms with Crippen LogP contribution in [-0.2, 0) is 30.3 Å². The predicted molar refractivity (Wildman–Crippen MR) is 102 cm³/mol. The maximum Gasteiger partial charge on any atom is 0.338 e. The molecule has 152 valence electrons. The Bertz CT molecular complexity index is 661. The molecule has 3 atom stereocenters. The molecule has 1 aromatic rings. The molecule has 1 aliphatic heterocycles. The highest BCUT2D eigenvalue weighted by Gasteiger charge is 2.52. The molecule has 1 aliphatic rings. The molecule has 0 aliphatic carbocycles. The first-order chi connectivity index (χ1) is 12.9. The van der Waals surface area contributed by atoms with Crippen LogP contribution < -0.4 is 10.6 Å². The van der Waals surface area contributed by atoms with E-state index in [0.717, 1.165) is 6.42 Å². The van der Waals surface area contributed by atoms with E-state index in [-0.39, 0.29) is 21.8 Å². The SMILES string of the molecule is CCOC(=O)[C@H]1O[C@@H]1C(=O)NC(Cc1ccccn1)C(=O)NCCC(C)C.[HH].[HH]. The van der Waals surface area contributed by atoms with Crippen molar-refractivity contribution in [1.29, 1.82) is 0 Å². The third-order valence-electron chi connectivity index (χ3n) is 4.06. The highest BCUT2D eigenvalue weighted by Crippen LogP contribution is 2.23. The Kier molecular flexibility index (Phi) is 7.72. The molecule has 1 aromatic heterocycles. The van der Waals surface area contributed by atoms with Crippen LogP contribution in [0.3, 0.4) is 0 Å². The molecule has 1 unspecified atom stereocenters. The smallest absolute Gasteiger partial charge is 0.338 e. The number of ether oxygens (including phenoxy) is 2. The van der Waals surface area contributed by atoms with Crippen molar-refractivity contribution >= 4 is 17.8 Å². The third kappa shape index (κ3) is 6.63. The minimum absolute atomic E-state index is 0. The lowest BCUT2D eigenvalue weighted by molar-refractivity contribution is -0.144. The summed E-state index contributed by atoms with van der Waals surface area (Å²) in [6, 6.07) is 4.59. The van der Waals surface area contributed by atoms with E-state index in [1.165, 1.54) is 0 Å². The van der Waals surface area contributed by atoms with Crippen LogP contribution in [0.5, 0.6) is 0 Å². The Labute approximate surface area is 162 Å². The lowest BCUT2D eigenvalue weighted by Crippen LogP contribution is -2.50. The van der Waals surface area contributed by atoms with Crippen LogP contribution in [0.4, 0.5) is 0 Å². The summed E-state index contributed by atoms with van der Waals surface area (Å²) >= 11 is 0. The summed E-state index contributed by atoms with van der Waals surface area (Å²) in [5.41, 5.74) is 0.681. The fourth-order valence-electron chi connectivity index (χ4n) is 2.51. The number of hydrogen-bond acceptors (Lipinski definition) is 6. The molecule has 0 aromatic carbocycles. The zero-order valence-electron chi connectivity index (χ0n) is 15.9. The average molecular weight is 381 g/mol. The van der Waals surface area contributed by atoms with Gasteiger partial charge in [-0.05, 0) is 31.4 Å². The molecule has 1 fully saturated rings. The number of esters is 1.